The minimum absolute atomic E-state index is 0.00907. The van der Waals surface area contributed by atoms with Gasteiger partial charge in [-0.25, -0.2) is 4.79 Å². The predicted molar refractivity (Wildman–Crippen MR) is 126 cm³/mol. The van der Waals surface area contributed by atoms with E-state index in [1.54, 1.807) is 0 Å². The highest BCUT2D eigenvalue weighted by Crippen LogP contribution is 2.37. The lowest BCUT2D eigenvalue weighted by Crippen LogP contribution is -2.46. The summed E-state index contributed by atoms with van der Waals surface area (Å²) < 4.78 is 5.34. The van der Waals surface area contributed by atoms with Crippen molar-refractivity contribution >= 4 is 17.5 Å². The number of unbranched alkanes of at least 4 members (excludes halogenated alkanes) is 2. The van der Waals surface area contributed by atoms with Crippen molar-refractivity contribution in [2.24, 2.45) is 0 Å². The first-order valence-corrected chi connectivity index (χ1v) is 11.8. The molecule has 8 heteroatoms. The van der Waals surface area contributed by atoms with Gasteiger partial charge in [-0.1, -0.05) is 19.1 Å². The summed E-state index contributed by atoms with van der Waals surface area (Å²) in [5.74, 6) is -2.66. The number of ketones is 2. The molecule has 0 radical (unpaired) electrons. The lowest BCUT2D eigenvalue weighted by molar-refractivity contribution is 0.0495. The fourth-order valence-corrected chi connectivity index (χ4v) is 4.59. The Balaban J connectivity index is 1.31. The number of nitrogens with zero attached hydrogens (tertiary/aromatic N) is 2. The second kappa shape index (κ2) is 10.4. The molecule has 1 heterocycles. The van der Waals surface area contributed by atoms with Crippen LogP contribution in [0, 0.1) is 0 Å². The molecule has 2 aromatic rings. The molecule has 1 aliphatic heterocycles. The third-order valence-corrected chi connectivity index (χ3v) is 6.60. The van der Waals surface area contributed by atoms with Crippen LogP contribution in [0.15, 0.2) is 30.3 Å². The number of fused-ring (bicyclic) bond motifs is 2. The van der Waals surface area contributed by atoms with Crippen molar-refractivity contribution in [3.8, 4) is 11.5 Å². The van der Waals surface area contributed by atoms with E-state index in [4.69, 9.17) is 4.74 Å². The molecule has 0 amide bonds. The van der Waals surface area contributed by atoms with Crippen LogP contribution in [0.3, 0.4) is 0 Å². The summed E-state index contributed by atoms with van der Waals surface area (Å²) in [5, 5.41) is 20.4. The molecule has 1 fully saturated rings. The topological polar surface area (TPSA) is 107 Å². The minimum Gasteiger partial charge on any atom is -0.507 e. The summed E-state index contributed by atoms with van der Waals surface area (Å²) in [5.41, 5.74) is -0.375. The highest BCUT2D eigenvalue weighted by atomic mass is 16.5. The number of ether oxygens (including phenoxy) is 1. The van der Waals surface area contributed by atoms with Gasteiger partial charge in [0.25, 0.3) is 0 Å². The molecular weight excluding hydrogens is 436 g/mol. The molecule has 0 atom stereocenters. The van der Waals surface area contributed by atoms with Gasteiger partial charge in [-0.05, 0) is 50.6 Å². The predicted octanol–water partition coefficient (Wildman–Crippen LogP) is 2.84. The third-order valence-electron chi connectivity index (χ3n) is 6.60. The molecule has 0 unspecified atom stereocenters. The van der Waals surface area contributed by atoms with Gasteiger partial charge in [0.05, 0.1) is 23.3 Å². The van der Waals surface area contributed by atoms with E-state index in [0.29, 0.717) is 0 Å². The molecule has 0 spiro atoms. The monoisotopic (exact) mass is 466 g/mol. The molecule has 34 heavy (non-hydrogen) atoms. The summed E-state index contributed by atoms with van der Waals surface area (Å²) in [6, 6.07) is 6.62. The molecule has 2 N–H and O–H groups in total. The summed E-state index contributed by atoms with van der Waals surface area (Å²) in [6.07, 6.45) is 2.69. The van der Waals surface area contributed by atoms with Crippen molar-refractivity contribution in [2.75, 3.05) is 45.9 Å². The van der Waals surface area contributed by atoms with Crippen LogP contribution in [0.1, 0.15) is 68.4 Å². The zero-order valence-electron chi connectivity index (χ0n) is 19.4. The lowest BCUT2D eigenvalue weighted by Gasteiger charge is -2.33. The first-order valence-electron chi connectivity index (χ1n) is 11.8. The number of hydrogen-bond donors (Lipinski definition) is 2. The van der Waals surface area contributed by atoms with Gasteiger partial charge in [-0.15, -0.1) is 0 Å². The molecule has 2 aromatic carbocycles. The van der Waals surface area contributed by atoms with Gasteiger partial charge >= 0.3 is 5.97 Å². The van der Waals surface area contributed by atoms with E-state index >= 15 is 0 Å². The number of esters is 1. The van der Waals surface area contributed by atoms with Crippen LogP contribution >= 0.6 is 0 Å². The fraction of sp³-hybridized carbons (Fsp3) is 0.423. The number of benzene rings is 2. The van der Waals surface area contributed by atoms with Crippen molar-refractivity contribution in [3.63, 3.8) is 0 Å². The highest BCUT2D eigenvalue weighted by molar-refractivity contribution is 6.30. The maximum atomic E-state index is 12.9. The second-order valence-corrected chi connectivity index (χ2v) is 8.75. The molecule has 4 rings (SSSR count). The van der Waals surface area contributed by atoms with Gasteiger partial charge in [-0.2, -0.15) is 0 Å². The number of rotatable bonds is 8. The van der Waals surface area contributed by atoms with Crippen molar-refractivity contribution in [1.29, 1.82) is 0 Å². The maximum absolute atomic E-state index is 12.9. The van der Waals surface area contributed by atoms with Gasteiger partial charge in [0.1, 0.15) is 11.5 Å². The summed E-state index contributed by atoms with van der Waals surface area (Å²) in [4.78, 5) is 43.1. The molecule has 180 valence electrons. The molecule has 2 aliphatic rings. The number of aromatic hydroxyl groups is 2. The van der Waals surface area contributed by atoms with Gasteiger partial charge < -0.3 is 24.7 Å². The van der Waals surface area contributed by atoms with Crippen molar-refractivity contribution in [3.05, 3.63) is 58.1 Å². The summed E-state index contributed by atoms with van der Waals surface area (Å²) >= 11 is 0. The van der Waals surface area contributed by atoms with Gasteiger partial charge in [0, 0.05) is 37.3 Å². The normalized spacial score (nSPS) is 16.3. The van der Waals surface area contributed by atoms with Gasteiger partial charge in [0.15, 0.2) is 5.78 Å². The number of carbonyl (C=O) groups is 3. The van der Waals surface area contributed by atoms with Crippen LogP contribution in [0.5, 0.6) is 11.5 Å². The molecule has 8 nitrogen and oxygen atoms in total. The van der Waals surface area contributed by atoms with Crippen LogP contribution in [0.25, 0.3) is 0 Å². The molecular formula is C26H30N2O6. The van der Waals surface area contributed by atoms with Gasteiger partial charge in [0.2, 0.25) is 5.78 Å². The fourth-order valence-electron chi connectivity index (χ4n) is 4.59. The van der Waals surface area contributed by atoms with Crippen LogP contribution in [-0.4, -0.2) is 83.4 Å². The molecule has 1 saturated heterocycles. The number of hydrogen-bond acceptors (Lipinski definition) is 8. The van der Waals surface area contributed by atoms with E-state index < -0.39 is 23.3 Å². The summed E-state index contributed by atoms with van der Waals surface area (Å²) in [6.45, 7) is 8.98. The van der Waals surface area contributed by atoms with E-state index in [1.165, 1.54) is 24.3 Å². The van der Waals surface area contributed by atoms with E-state index in [0.717, 1.165) is 64.6 Å². The molecule has 1 aliphatic carbocycles. The zero-order valence-corrected chi connectivity index (χ0v) is 19.4. The minimum atomic E-state index is -0.657. The summed E-state index contributed by atoms with van der Waals surface area (Å²) in [7, 11) is 0. The Labute approximate surface area is 198 Å². The van der Waals surface area contributed by atoms with Crippen LogP contribution in [0.4, 0.5) is 0 Å². The molecule has 0 saturated carbocycles. The quantitative estimate of drug-likeness (QED) is 0.386. The first kappa shape index (κ1) is 23.9. The smallest absolute Gasteiger partial charge is 0.338 e. The SMILES string of the molecule is CCN1CCN(CCCCCOC(=O)c2cc(O)c3c(c2)C(=O)c2cccc(O)c2C3=O)CC1. The first-order chi connectivity index (χ1) is 16.4. The Morgan fingerprint density at radius 2 is 1.59 bits per heavy atom. The van der Waals surface area contributed by atoms with E-state index in [-0.39, 0.29) is 40.2 Å². The Kier molecular flexibility index (Phi) is 7.29. The van der Waals surface area contributed by atoms with Crippen LogP contribution < -0.4 is 0 Å². The van der Waals surface area contributed by atoms with Crippen molar-refractivity contribution in [1.82, 2.24) is 9.80 Å². The van der Waals surface area contributed by atoms with Crippen LogP contribution in [0.2, 0.25) is 0 Å². The highest BCUT2D eigenvalue weighted by Gasteiger charge is 2.35. The number of carbonyl (C=O) groups excluding carboxylic acids is 3. The number of likely N-dealkylation sites (N-methyl/N-ethyl adjacent to an activating group) is 1. The Hall–Kier alpha value is -3.23. The number of phenols is 2. The average Bonchev–Trinajstić information content (AvgIpc) is 2.84. The average molecular weight is 467 g/mol. The molecule has 0 bridgehead atoms. The van der Waals surface area contributed by atoms with Crippen molar-refractivity contribution in [2.45, 2.75) is 26.2 Å². The Bertz CT molecular complexity index is 1100. The number of phenolic OH excluding ortho intramolecular Hbond substituents is 2. The standard InChI is InChI=1S/C26H30N2O6/c1-2-27-10-12-28(13-11-27)9-4-3-5-14-34-26(33)17-15-19-23(21(30)16-17)25(32)22-18(24(19)31)7-6-8-20(22)29/h6-8,15-16,29-30H,2-5,9-14H2,1H3. The zero-order chi connectivity index (χ0) is 24.2. The van der Waals surface area contributed by atoms with E-state index in [2.05, 4.69) is 16.7 Å². The van der Waals surface area contributed by atoms with E-state index in [1.807, 2.05) is 0 Å². The van der Waals surface area contributed by atoms with E-state index in [9.17, 15) is 24.6 Å². The second-order valence-electron chi connectivity index (χ2n) is 8.75. The van der Waals surface area contributed by atoms with Gasteiger partial charge in [-0.3, -0.25) is 9.59 Å². The largest absolute Gasteiger partial charge is 0.507 e. The molecule has 0 aromatic heterocycles. The van der Waals surface area contributed by atoms with Crippen LogP contribution in [-0.2, 0) is 4.74 Å². The number of piperazine rings is 1. The van der Waals surface area contributed by atoms with Crippen molar-refractivity contribution < 1.29 is 29.3 Å². The Morgan fingerprint density at radius 3 is 2.32 bits per heavy atom. The Morgan fingerprint density at radius 1 is 0.882 bits per heavy atom. The third kappa shape index (κ3) is 4.83. The lowest BCUT2D eigenvalue weighted by atomic mass is 9.82. The maximum Gasteiger partial charge on any atom is 0.338 e.